The van der Waals surface area contributed by atoms with Crippen molar-refractivity contribution in [3.8, 4) is 0 Å². The van der Waals surface area contributed by atoms with E-state index in [4.69, 9.17) is 4.52 Å². The van der Waals surface area contributed by atoms with Crippen LogP contribution in [0.25, 0.3) is 0 Å². The Labute approximate surface area is 59.4 Å². The number of fused-ring (bicyclic) bond motifs is 1. The van der Waals surface area contributed by atoms with Crippen LogP contribution in [-0.2, 0) is 6.54 Å². The molecule has 0 aliphatic carbocycles. The van der Waals surface area contributed by atoms with E-state index < -0.39 is 0 Å². The summed E-state index contributed by atoms with van der Waals surface area (Å²) in [5, 5.41) is 7.22. The van der Waals surface area contributed by atoms with Gasteiger partial charge in [0.1, 0.15) is 11.5 Å². The molecule has 0 spiro atoms. The van der Waals surface area contributed by atoms with Gasteiger partial charge in [-0.3, -0.25) is 0 Å². The maximum absolute atomic E-state index is 5.02. The lowest BCUT2D eigenvalue weighted by atomic mass is 10.2. The largest absolute Gasteiger partial charge is 0.361 e. The summed E-state index contributed by atoms with van der Waals surface area (Å²) in [6.07, 6.45) is 0. The lowest BCUT2D eigenvalue weighted by Crippen LogP contribution is -2.08. The molecule has 0 radical (unpaired) electrons. The van der Waals surface area contributed by atoms with E-state index in [0.29, 0.717) is 6.04 Å². The molecule has 2 heterocycles. The molecule has 2 rings (SSSR count). The molecule has 10 heavy (non-hydrogen) atoms. The number of aromatic nitrogens is 1. The molecule has 0 aromatic carbocycles. The summed E-state index contributed by atoms with van der Waals surface area (Å²) < 4.78 is 5.02. The van der Waals surface area contributed by atoms with Crippen LogP contribution >= 0.6 is 0 Å². The van der Waals surface area contributed by atoms with Gasteiger partial charge in [-0.25, -0.2) is 0 Å². The maximum Gasteiger partial charge on any atom is 0.138 e. The summed E-state index contributed by atoms with van der Waals surface area (Å²) in [6, 6.07) is 0.368. The highest BCUT2D eigenvalue weighted by Crippen LogP contribution is 2.25. The number of rotatable bonds is 0. The third-order valence-corrected chi connectivity index (χ3v) is 2.01. The Hall–Kier alpha value is -0.830. The average Bonchev–Trinajstić information content (AvgIpc) is 2.41. The van der Waals surface area contributed by atoms with Crippen LogP contribution in [-0.4, -0.2) is 5.16 Å². The predicted molar refractivity (Wildman–Crippen MR) is 36.5 cm³/mol. The summed E-state index contributed by atoms with van der Waals surface area (Å²) in [5.41, 5.74) is 2.32. The van der Waals surface area contributed by atoms with Crippen molar-refractivity contribution in [2.24, 2.45) is 0 Å². The minimum Gasteiger partial charge on any atom is -0.361 e. The van der Waals surface area contributed by atoms with Crippen LogP contribution in [0.5, 0.6) is 0 Å². The molecule has 3 nitrogen and oxygen atoms in total. The highest BCUT2D eigenvalue weighted by atomic mass is 16.5. The van der Waals surface area contributed by atoms with Gasteiger partial charge in [0.05, 0.1) is 6.04 Å². The van der Waals surface area contributed by atoms with Crippen molar-refractivity contribution in [1.82, 2.24) is 10.5 Å². The normalized spacial score (nSPS) is 23.2. The Bertz CT molecular complexity index is 254. The third-order valence-electron chi connectivity index (χ3n) is 2.01. The lowest BCUT2D eigenvalue weighted by Gasteiger charge is -1.97. The Balaban J connectivity index is 2.53. The molecule has 0 amide bonds. The molecule has 0 bridgehead atoms. The van der Waals surface area contributed by atoms with Crippen molar-refractivity contribution in [3.63, 3.8) is 0 Å². The zero-order valence-electron chi connectivity index (χ0n) is 6.14. The summed E-state index contributed by atoms with van der Waals surface area (Å²) in [5.74, 6) is 0.951. The Kier molecular flexibility index (Phi) is 1.08. The summed E-state index contributed by atoms with van der Waals surface area (Å²) in [6.45, 7) is 4.95. The predicted octanol–water partition coefficient (Wildman–Crippen LogP) is 1.15. The van der Waals surface area contributed by atoms with Crippen LogP contribution in [0, 0.1) is 6.92 Å². The maximum atomic E-state index is 5.02. The van der Waals surface area contributed by atoms with Crippen LogP contribution in [0.4, 0.5) is 0 Å². The van der Waals surface area contributed by atoms with E-state index in [1.807, 2.05) is 6.92 Å². The van der Waals surface area contributed by atoms with E-state index in [1.54, 1.807) is 0 Å². The van der Waals surface area contributed by atoms with Gasteiger partial charge >= 0.3 is 0 Å². The first-order valence-electron chi connectivity index (χ1n) is 3.47. The number of nitrogens with one attached hydrogen (secondary N) is 1. The number of hydrogen-bond acceptors (Lipinski definition) is 3. The fourth-order valence-corrected chi connectivity index (χ4v) is 1.32. The second kappa shape index (κ2) is 1.83. The molecule has 1 unspecified atom stereocenters. The van der Waals surface area contributed by atoms with Crippen LogP contribution in [0.3, 0.4) is 0 Å². The summed E-state index contributed by atoms with van der Waals surface area (Å²) in [4.78, 5) is 0. The van der Waals surface area contributed by atoms with Gasteiger partial charge < -0.3 is 9.84 Å². The van der Waals surface area contributed by atoms with Crippen molar-refractivity contribution in [2.75, 3.05) is 0 Å². The summed E-state index contributed by atoms with van der Waals surface area (Å²) in [7, 11) is 0. The first kappa shape index (κ1) is 5.92. The van der Waals surface area contributed by atoms with Gasteiger partial charge in [0.15, 0.2) is 0 Å². The van der Waals surface area contributed by atoms with E-state index in [1.165, 1.54) is 5.56 Å². The summed E-state index contributed by atoms with van der Waals surface area (Å²) >= 11 is 0. The fraction of sp³-hybridized carbons (Fsp3) is 0.571. The molecule has 1 aliphatic rings. The topological polar surface area (TPSA) is 38.1 Å². The fourth-order valence-electron chi connectivity index (χ4n) is 1.32. The molecule has 0 fully saturated rings. The van der Waals surface area contributed by atoms with Gasteiger partial charge in [-0.2, -0.15) is 0 Å². The van der Waals surface area contributed by atoms with Crippen molar-refractivity contribution in [1.29, 1.82) is 0 Å². The van der Waals surface area contributed by atoms with E-state index in [0.717, 1.165) is 18.0 Å². The molecule has 0 saturated heterocycles. The van der Waals surface area contributed by atoms with Crippen molar-refractivity contribution in [2.45, 2.75) is 26.4 Å². The van der Waals surface area contributed by atoms with Gasteiger partial charge in [0, 0.05) is 12.1 Å². The zero-order chi connectivity index (χ0) is 7.14. The molecule has 1 aromatic heterocycles. The van der Waals surface area contributed by atoms with Crippen molar-refractivity contribution in [3.05, 3.63) is 17.0 Å². The molecule has 0 saturated carbocycles. The highest BCUT2D eigenvalue weighted by Gasteiger charge is 2.23. The van der Waals surface area contributed by atoms with Gasteiger partial charge in [-0.15, -0.1) is 0 Å². The Morgan fingerprint density at radius 2 is 2.50 bits per heavy atom. The number of nitrogens with zero attached hydrogens (tertiary/aromatic N) is 1. The molecule has 1 aromatic rings. The van der Waals surface area contributed by atoms with Crippen LogP contribution < -0.4 is 5.32 Å². The SMILES string of the molecule is Cc1onc2c1CNC2C. The van der Waals surface area contributed by atoms with Gasteiger partial charge in [-0.1, -0.05) is 5.16 Å². The van der Waals surface area contributed by atoms with Gasteiger partial charge in [0.25, 0.3) is 0 Å². The molecule has 54 valence electrons. The highest BCUT2D eigenvalue weighted by molar-refractivity contribution is 5.28. The number of hydrogen-bond donors (Lipinski definition) is 1. The van der Waals surface area contributed by atoms with Crippen LogP contribution in [0.1, 0.15) is 30.0 Å². The van der Waals surface area contributed by atoms with Crippen LogP contribution in [0.2, 0.25) is 0 Å². The zero-order valence-corrected chi connectivity index (χ0v) is 6.14. The number of aryl methyl sites for hydroxylation is 1. The quantitative estimate of drug-likeness (QED) is 0.584. The monoisotopic (exact) mass is 138 g/mol. The Morgan fingerprint density at radius 1 is 1.70 bits per heavy atom. The van der Waals surface area contributed by atoms with E-state index in [-0.39, 0.29) is 0 Å². The van der Waals surface area contributed by atoms with E-state index >= 15 is 0 Å². The van der Waals surface area contributed by atoms with Crippen molar-refractivity contribution >= 4 is 0 Å². The van der Waals surface area contributed by atoms with Crippen molar-refractivity contribution < 1.29 is 4.52 Å². The first-order valence-corrected chi connectivity index (χ1v) is 3.47. The molecule has 1 aliphatic heterocycles. The van der Waals surface area contributed by atoms with Gasteiger partial charge in [-0.05, 0) is 13.8 Å². The first-order chi connectivity index (χ1) is 4.79. The lowest BCUT2D eigenvalue weighted by molar-refractivity contribution is 0.376. The molecule has 3 heteroatoms. The molecular formula is C7H10N2O. The van der Waals surface area contributed by atoms with E-state index in [2.05, 4.69) is 17.4 Å². The minimum atomic E-state index is 0.368. The Morgan fingerprint density at radius 3 is 3.20 bits per heavy atom. The molecule has 1 N–H and O–H groups in total. The average molecular weight is 138 g/mol. The standard InChI is InChI=1S/C7H10N2O/c1-4-7-6(3-8-4)5(2)10-9-7/h4,8H,3H2,1-2H3. The third kappa shape index (κ3) is 0.609. The second-order valence-corrected chi connectivity index (χ2v) is 2.71. The molecule has 1 atom stereocenters. The molecular weight excluding hydrogens is 128 g/mol. The van der Waals surface area contributed by atoms with Gasteiger partial charge in [0.2, 0.25) is 0 Å². The minimum absolute atomic E-state index is 0.368. The smallest absolute Gasteiger partial charge is 0.138 e. The second-order valence-electron chi connectivity index (χ2n) is 2.71. The van der Waals surface area contributed by atoms with E-state index in [9.17, 15) is 0 Å². The van der Waals surface area contributed by atoms with Crippen LogP contribution in [0.15, 0.2) is 4.52 Å².